The molecular formula is C26H24BrClN2O4S. The van der Waals surface area contributed by atoms with Gasteiger partial charge in [0.1, 0.15) is 11.8 Å². The third kappa shape index (κ3) is 5.15. The number of carbonyl (C=O) groups is 1. The van der Waals surface area contributed by atoms with Crippen LogP contribution in [0.1, 0.15) is 43.9 Å². The summed E-state index contributed by atoms with van der Waals surface area (Å²) in [5.74, 6) is 0.0729. The van der Waals surface area contributed by atoms with Crippen LogP contribution in [0.2, 0.25) is 5.02 Å². The first-order valence-electron chi connectivity index (χ1n) is 11.2. The van der Waals surface area contributed by atoms with Crippen LogP contribution in [-0.2, 0) is 9.53 Å². The zero-order valence-electron chi connectivity index (χ0n) is 19.5. The lowest BCUT2D eigenvalue weighted by molar-refractivity contribution is -0.139. The molecule has 0 unspecified atom stereocenters. The predicted octanol–water partition coefficient (Wildman–Crippen LogP) is 5.00. The van der Waals surface area contributed by atoms with Gasteiger partial charge in [-0.15, -0.1) is 0 Å². The van der Waals surface area contributed by atoms with Crippen molar-refractivity contribution in [2.45, 2.75) is 32.7 Å². The van der Waals surface area contributed by atoms with E-state index in [-0.39, 0.29) is 12.2 Å². The van der Waals surface area contributed by atoms with Gasteiger partial charge in [0, 0.05) is 15.1 Å². The molecule has 2 aromatic carbocycles. The summed E-state index contributed by atoms with van der Waals surface area (Å²) in [7, 11) is 1.57. The fraction of sp³-hybridized carbons (Fsp3) is 0.269. The Hall–Kier alpha value is -2.68. The Bertz CT molecular complexity index is 1470. The van der Waals surface area contributed by atoms with Crippen LogP contribution in [0.3, 0.4) is 0 Å². The standard InChI is InChI=1S/C26H24BrClN2O4S/c1-4-6-19-22(25(32)34-5-2)23(18-14-16(27)9-12-20(18)33-3)30-24(31)21(35-26(30)29-19)13-15-7-10-17(28)11-8-15/h7-14,23H,4-6H2,1-3H3/b21-13+/t23-/m0/s1. The average molecular weight is 576 g/mol. The zero-order chi connectivity index (χ0) is 25.1. The van der Waals surface area contributed by atoms with Crippen molar-refractivity contribution < 1.29 is 14.3 Å². The number of esters is 1. The third-order valence-electron chi connectivity index (χ3n) is 5.55. The SMILES string of the molecule is CCCC1=C(C(=O)OCC)[C@H](c2cc(Br)ccc2OC)n2c(s/c(=C/c3ccc(Cl)cc3)c2=O)=N1. The summed E-state index contributed by atoms with van der Waals surface area (Å²) < 4.78 is 14.0. The minimum Gasteiger partial charge on any atom is -0.496 e. The molecule has 3 aromatic rings. The first-order valence-corrected chi connectivity index (χ1v) is 13.2. The Morgan fingerprint density at radius 1 is 1.23 bits per heavy atom. The number of benzene rings is 2. The highest BCUT2D eigenvalue weighted by molar-refractivity contribution is 9.10. The summed E-state index contributed by atoms with van der Waals surface area (Å²) in [5, 5.41) is 0.619. The van der Waals surface area contributed by atoms with Crippen molar-refractivity contribution in [2.75, 3.05) is 13.7 Å². The van der Waals surface area contributed by atoms with Gasteiger partial charge in [-0.1, -0.05) is 64.3 Å². The van der Waals surface area contributed by atoms with Gasteiger partial charge in [0.05, 0.1) is 29.5 Å². The molecule has 6 nitrogen and oxygen atoms in total. The Morgan fingerprint density at radius 3 is 2.63 bits per heavy atom. The van der Waals surface area contributed by atoms with E-state index in [0.29, 0.717) is 43.4 Å². The van der Waals surface area contributed by atoms with E-state index < -0.39 is 12.0 Å². The Morgan fingerprint density at radius 2 is 1.97 bits per heavy atom. The second kappa shape index (κ2) is 10.9. The molecule has 182 valence electrons. The molecule has 0 spiro atoms. The number of carbonyl (C=O) groups excluding carboxylic acids is 1. The van der Waals surface area contributed by atoms with Crippen molar-refractivity contribution in [3.63, 3.8) is 0 Å². The van der Waals surface area contributed by atoms with Crippen molar-refractivity contribution in [3.05, 3.63) is 94.0 Å². The van der Waals surface area contributed by atoms with E-state index in [1.165, 1.54) is 11.3 Å². The summed E-state index contributed by atoms with van der Waals surface area (Å²) in [5.41, 5.74) is 2.25. The Balaban J connectivity index is 2.04. The van der Waals surface area contributed by atoms with Crippen LogP contribution in [0.25, 0.3) is 6.08 Å². The maximum Gasteiger partial charge on any atom is 0.338 e. The van der Waals surface area contributed by atoms with Crippen molar-refractivity contribution in [1.29, 1.82) is 0 Å². The number of halogens is 2. The van der Waals surface area contributed by atoms with E-state index in [1.807, 2.05) is 43.3 Å². The van der Waals surface area contributed by atoms with E-state index >= 15 is 0 Å². The molecule has 35 heavy (non-hydrogen) atoms. The highest BCUT2D eigenvalue weighted by atomic mass is 79.9. The maximum atomic E-state index is 13.8. The molecule has 0 saturated heterocycles. The summed E-state index contributed by atoms with van der Waals surface area (Å²) in [6, 6.07) is 12.0. The molecule has 0 bridgehead atoms. The highest BCUT2D eigenvalue weighted by Gasteiger charge is 2.36. The Labute approximate surface area is 220 Å². The number of aromatic nitrogens is 1. The third-order valence-corrected chi connectivity index (χ3v) is 7.27. The second-order valence-corrected chi connectivity index (χ2v) is 10.2. The van der Waals surface area contributed by atoms with E-state index in [1.54, 1.807) is 30.7 Å². The van der Waals surface area contributed by atoms with Gasteiger partial charge in [-0.3, -0.25) is 9.36 Å². The number of allylic oxidation sites excluding steroid dienone is 1. The lowest BCUT2D eigenvalue weighted by Gasteiger charge is -2.27. The molecule has 9 heteroatoms. The molecular weight excluding hydrogens is 552 g/mol. The van der Waals surface area contributed by atoms with Crippen LogP contribution in [-0.4, -0.2) is 24.3 Å². The van der Waals surface area contributed by atoms with Crippen LogP contribution in [0.4, 0.5) is 0 Å². The van der Waals surface area contributed by atoms with Crippen molar-refractivity contribution >= 4 is 50.9 Å². The van der Waals surface area contributed by atoms with Gasteiger partial charge < -0.3 is 9.47 Å². The molecule has 1 atom stereocenters. The van der Waals surface area contributed by atoms with Gasteiger partial charge >= 0.3 is 5.97 Å². The van der Waals surface area contributed by atoms with Crippen LogP contribution < -0.4 is 19.6 Å². The Kier molecular flexibility index (Phi) is 7.94. The van der Waals surface area contributed by atoms with Crippen LogP contribution in [0.5, 0.6) is 5.75 Å². The van der Waals surface area contributed by atoms with E-state index in [0.717, 1.165) is 16.5 Å². The molecule has 0 fully saturated rings. The topological polar surface area (TPSA) is 69.9 Å². The molecule has 0 saturated carbocycles. The second-order valence-electron chi connectivity index (χ2n) is 7.85. The quantitative estimate of drug-likeness (QED) is 0.372. The summed E-state index contributed by atoms with van der Waals surface area (Å²) in [6.07, 6.45) is 3.16. The fourth-order valence-electron chi connectivity index (χ4n) is 4.04. The first kappa shape index (κ1) is 25.4. The minimum absolute atomic E-state index is 0.213. The molecule has 0 radical (unpaired) electrons. The highest BCUT2D eigenvalue weighted by Crippen LogP contribution is 2.38. The predicted molar refractivity (Wildman–Crippen MR) is 142 cm³/mol. The number of thiazole rings is 1. The molecule has 0 amide bonds. The van der Waals surface area contributed by atoms with Gasteiger partial charge in [-0.25, -0.2) is 9.79 Å². The van der Waals surface area contributed by atoms with Crippen molar-refractivity contribution in [3.8, 4) is 5.75 Å². The normalized spacial score (nSPS) is 15.6. The fourth-order valence-corrected chi connectivity index (χ4v) is 5.57. The largest absolute Gasteiger partial charge is 0.496 e. The number of hydrogen-bond acceptors (Lipinski definition) is 6. The van der Waals surface area contributed by atoms with E-state index in [4.69, 9.17) is 26.1 Å². The monoisotopic (exact) mass is 574 g/mol. The van der Waals surface area contributed by atoms with Crippen LogP contribution >= 0.6 is 38.9 Å². The molecule has 1 aromatic heterocycles. The number of ether oxygens (including phenoxy) is 2. The number of methoxy groups -OCH3 is 1. The van der Waals surface area contributed by atoms with Gasteiger partial charge in [0.2, 0.25) is 0 Å². The summed E-state index contributed by atoms with van der Waals surface area (Å²) >= 11 is 10.8. The number of fused-ring (bicyclic) bond motifs is 1. The number of rotatable bonds is 7. The first-order chi connectivity index (χ1) is 16.9. The zero-order valence-corrected chi connectivity index (χ0v) is 22.7. The molecule has 1 aliphatic heterocycles. The summed E-state index contributed by atoms with van der Waals surface area (Å²) in [4.78, 5) is 32.4. The van der Waals surface area contributed by atoms with Gasteiger partial charge in [-0.2, -0.15) is 0 Å². The lowest BCUT2D eigenvalue weighted by atomic mass is 9.93. The number of nitrogens with zero attached hydrogens (tertiary/aromatic N) is 2. The van der Waals surface area contributed by atoms with Gasteiger partial charge in [-0.05, 0) is 55.3 Å². The molecule has 2 heterocycles. The molecule has 0 N–H and O–H groups in total. The van der Waals surface area contributed by atoms with Gasteiger partial charge in [0.15, 0.2) is 4.80 Å². The lowest BCUT2D eigenvalue weighted by Crippen LogP contribution is -2.40. The molecule has 0 aliphatic carbocycles. The number of hydrogen-bond donors (Lipinski definition) is 0. The molecule has 4 rings (SSSR count). The molecule has 1 aliphatic rings. The van der Waals surface area contributed by atoms with Crippen molar-refractivity contribution in [2.24, 2.45) is 4.99 Å². The van der Waals surface area contributed by atoms with Crippen molar-refractivity contribution in [1.82, 2.24) is 4.57 Å². The van der Waals surface area contributed by atoms with Crippen LogP contribution in [0.15, 0.2) is 68.0 Å². The smallest absolute Gasteiger partial charge is 0.338 e. The summed E-state index contributed by atoms with van der Waals surface area (Å²) in [6.45, 7) is 3.99. The van der Waals surface area contributed by atoms with Gasteiger partial charge in [0.25, 0.3) is 5.56 Å². The van der Waals surface area contributed by atoms with Crippen LogP contribution in [0, 0.1) is 0 Å². The minimum atomic E-state index is -0.744. The maximum absolute atomic E-state index is 13.8. The average Bonchev–Trinajstić information content (AvgIpc) is 3.14. The van der Waals surface area contributed by atoms with E-state index in [9.17, 15) is 9.59 Å². The van der Waals surface area contributed by atoms with E-state index in [2.05, 4.69) is 15.9 Å².